The molecule has 5 nitrogen and oxygen atoms in total. The standard InChI is InChI=1S/C18H18N2O3S2/c1-4-20-9-13(17(22)23-5-2)16(21)12-7-6-11(8-15(12)20)14-10-25-18(19-14)24-3/h6-10H,4-5H2,1-3H3. The number of carbonyl (C=O) groups excluding carboxylic acids is 1. The average molecular weight is 374 g/mol. The molecule has 0 spiro atoms. The number of hydrogen-bond acceptors (Lipinski definition) is 6. The van der Waals surface area contributed by atoms with Gasteiger partial charge in [0.05, 0.1) is 17.8 Å². The number of thiazole rings is 1. The molecule has 1 aromatic carbocycles. The van der Waals surface area contributed by atoms with Crippen molar-refractivity contribution in [1.29, 1.82) is 0 Å². The van der Waals surface area contributed by atoms with E-state index in [9.17, 15) is 9.59 Å². The molecule has 0 amide bonds. The van der Waals surface area contributed by atoms with Crippen molar-refractivity contribution in [2.45, 2.75) is 24.7 Å². The maximum absolute atomic E-state index is 12.7. The summed E-state index contributed by atoms with van der Waals surface area (Å²) >= 11 is 3.21. The SMILES string of the molecule is CCOC(=O)c1cn(CC)c2cc(-c3csc(SC)n3)ccc2c1=O. The normalized spacial score (nSPS) is 11.0. The molecule has 0 N–H and O–H groups in total. The quantitative estimate of drug-likeness (QED) is 0.498. The molecule has 0 radical (unpaired) electrons. The summed E-state index contributed by atoms with van der Waals surface area (Å²) in [4.78, 5) is 29.3. The molecule has 3 aromatic rings. The van der Waals surface area contributed by atoms with E-state index in [2.05, 4.69) is 4.98 Å². The van der Waals surface area contributed by atoms with E-state index in [0.717, 1.165) is 21.1 Å². The van der Waals surface area contributed by atoms with E-state index in [4.69, 9.17) is 4.74 Å². The van der Waals surface area contributed by atoms with Crippen molar-refractivity contribution in [2.24, 2.45) is 0 Å². The summed E-state index contributed by atoms with van der Waals surface area (Å²) in [5.41, 5.74) is 2.40. The minimum atomic E-state index is -0.579. The number of hydrogen-bond donors (Lipinski definition) is 0. The Labute approximate surface area is 153 Å². The number of benzene rings is 1. The van der Waals surface area contributed by atoms with Crippen molar-refractivity contribution in [3.05, 3.63) is 45.6 Å². The van der Waals surface area contributed by atoms with E-state index >= 15 is 0 Å². The van der Waals surface area contributed by atoms with Crippen molar-refractivity contribution in [2.75, 3.05) is 12.9 Å². The second-order valence-electron chi connectivity index (χ2n) is 5.31. The summed E-state index contributed by atoms with van der Waals surface area (Å²) in [6.07, 6.45) is 3.58. The van der Waals surface area contributed by atoms with Crippen LogP contribution in [0.5, 0.6) is 0 Å². The van der Waals surface area contributed by atoms with Crippen molar-refractivity contribution >= 4 is 40.0 Å². The second kappa shape index (κ2) is 7.41. The lowest BCUT2D eigenvalue weighted by molar-refractivity contribution is 0.0524. The summed E-state index contributed by atoms with van der Waals surface area (Å²) < 4.78 is 7.90. The summed E-state index contributed by atoms with van der Waals surface area (Å²) in [5, 5.41) is 2.52. The van der Waals surface area contributed by atoms with Gasteiger partial charge in [0.25, 0.3) is 0 Å². The van der Waals surface area contributed by atoms with Crippen molar-refractivity contribution in [3.8, 4) is 11.3 Å². The highest BCUT2D eigenvalue weighted by Crippen LogP contribution is 2.28. The molecule has 0 bridgehead atoms. The van der Waals surface area contributed by atoms with Crippen LogP contribution in [0.1, 0.15) is 24.2 Å². The van der Waals surface area contributed by atoms with Crippen LogP contribution in [0.2, 0.25) is 0 Å². The molecule has 2 aromatic heterocycles. The molecule has 0 fully saturated rings. The highest BCUT2D eigenvalue weighted by molar-refractivity contribution is 8.00. The molecule has 130 valence electrons. The maximum Gasteiger partial charge on any atom is 0.343 e. The van der Waals surface area contributed by atoms with E-state index < -0.39 is 5.97 Å². The predicted octanol–water partition coefficient (Wildman–Crippen LogP) is 4.04. The Balaban J connectivity index is 2.18. The van der Waals surface area contributed by atoms with Crippen LogP contribution in [0.4, 0.5) is 0 Å². The highest BCUT2D eigenvalue weighted by atomic mass is 32.2. The Kier molecular flexibility index (Phi) is 5.24. The number of rotatable bonds is 5. The van der Waals surface area contributed by atoms with Crippen molar-refractivity contribution in [3.63, 3.8) is 0 Å². The first-order valence-corrected chi connectivity index (χ1v) is 10.0. The number of aryl methyl sites for hydroxylation is 1. The number of carbonyl (C=O) groups is 1. The van der Waals surface area contributed by atoms with Crippen LogP contribution >= 0.6 is 23.1 Å². The smallest absolute Gasteiger partial charge is 0.343 e. The van der Waals surface area contributed by atoms with Crippen molar-refractivity contribution < 1.29 is 9.53 Å². The van der Waals surface area contributed by atoms with E-state index in [1.54, 1.807) is 42.3 Å². The van der Waals surface area contributed by atoms with Gasteiger partial charge in [0.2, 0.25) is 5.43 Å². The molecule has 0 saturated heterocycles. The molecule has 0 atom stereocenters. The first kappa shape index (κ1) is 17.7. The zero-order valence-corrected chi connectivity index (χ0v) is 15.9. The summed E-state index contributed by atoms with van der Waals surface area (Å²) in [6, 6.07) is 5.59. The predicted molar refractivity (Wildman–Crippen MR) is 103 cm³/mol. The van der Waals surface area contributed by atoms with Gasteiger partial charge in [-0.3, -0.25) is 4.79 Å². The second-order valence-corrected chi connectivity index (χ2v) is 7.22. The van der Waals surface area contributed by atoms with Gasteiger partial charge in [-0.2, -0.15) is 0 Å². The topological polar surface area (TPSA) is 61.2 Å². The molecule has 3 rings (SSSR count). The van der Waals surface area contributed by atoms with Crippen LogP contribution in [0, 0.1) is 0 Å². The van der Waals surface area contributed by atoms with E-state index in [0.29, 0.717) is 11.9 Å². The third kappa shape index (κ3) is 3.34. The molecule has 0 aliphatic carbocycles. The fourth-order valence-corrected chi connectivity index (χ4v) is 3.92. The summed E-state index contributed by atoms with van der Waals surface area (Å²) in [7, 11) is 0. The summed E-state index contributed by atoms with van der Waals surface area (Å²) in [6.45, 7) is 4.57. The molecule has 25 heavy (non-hydrogen) atoms. The van der Waals surface area contributed by atoms with Gasteiger partial charge in [-0.15, -0.1) is 11.3 Å². The number of thioether (sulfide) groups is 1. The molecule has 0 unspecified atom stereocenters. The molecule has 0 saturated carbocycles. The zero-order valence-electron chi connectivity index (χ0n) is 14.2. The first-order valence-electron chi connectivity index (χ1n) is 7.93. The average Bonchev–Trinajstić information content (AvgIpc) is 3.11. The molecular formula is C18H18N2O3S2. The van der Waals surface area contributed by atoms with Crippen LogP contribution in [-0.2, 0) is 11.3 Å². The lowest BCUT2D eigenvalue weighted by atomic mass is 10.1. The number of esters is 1. The van der Waals surface area contributed by atoms with Crippen molar-refractivity contribution in [1.82, 2.24) is 9.55 Å². The van der Waals surface area contributed by atoms with Gasteiger partial charge in [-0.05, 0) is 32.2 Å². The van der Waals surface area contributed by atoms with E-state index in [1.807, 2.05) is 35.3 Å². The Morgan fingerprint density at radius 3 is 2.80 bits per heavy atom. The lowest BCUT2D eigenvalue weighted by Gasteiger charge is -2.12. The molecule has 2 heterocycles. The minimum absolute atomic E-state index is 0.0716. The van der Waals surface area contributed by atoms with Crippen LogP contribution < -0.4 is 5.43 Å². The fourth-order valence-electron chi connectivity index (χ4n) is 2.65. The molecule has 0 aliphatic rings. The Morgan fingerprint density at radius 1 is 1.36 bits per heavy atom. The Morgan fingerprint density at radius 2 is 2.16 bits per heavy atom. The third-order valence-electron chi connectivity index (χ3n) is 3.87. The molecule has 0 aliphatic heterocycles. The zero-order chi connectivity index (χ0) is 18.0. The minimum Gasteiger partial charge on any atom is -0.462 e. The maximum atomic E-state index is 12.7. The molecular weight excluding hydrogens is 356 g/mol. The number of ether oxygens (including phenoxy) is 1. The van der Waals surface area contributed by atoms with Gasteiger partial charge in [-0.1, -0.05) is 17.8 Å². The Bertz CT molecular complexity index is 992. The van der Waals surface area contributed by atoms with Gasteiger partial charge >= 0.3 is 5.97 Å². The van der Waals surface area contributed by atoms with Gasteiger partial charge in [-0.25, -0.2) is 9.78 Å². The number of aromatic nitrogens is 2. The lowest BCUT2D eigenvalue weighted by Crippen LogP contribution is -2.20. The molecule has 7 heteroatoms. The Hall–Kier alpha value is -2.12. The van der Waals surface area contributed by atoms with E-state index in [-0.39, 0.29) is 17.6 Å². The third-order valence-corrected chi connectivity index (χ3v) is 5.73. The van der Waals surface area contributed by atoms with E-state index in [1.165, 1.54) is 0 Å². The van der Waals surface area contributed by atoms with Crippen LogP contribution in [0.3, 0.4) is 0 Å². The fraction of sp³-hybridized carbons (Fsp3) is 0.278. The van der Waals surface area contributed by atoms with Crippen LogP contribution in [-0.4, -0.2) is 28.4 Å². The summed E-state index contributed by atoms with van der Waals surface area (Å²) in [5.74, 6) is -0.579. The van der Waals surface area contributed by atoms with Gasteiger partial charge in [0.1, 0.15) is 9.90 Å². The first-order chi connectivity index (χ1) is 12.1. The largest absolute Gasteiger partial charge is 0.462 e. The van der Waals surface area contributed by atoms with Gasteiger partial charge < -0.3 is 9.30 Å². The number of nitrogens with zero attached hydrogens (tertiary/aromatic N) is 2. The number of fused-ring (bicyclic) bond motifs is 1. The van der Waals surface area contributed by atoms with Crippen LogP contribution in [0.15, 0.2) is 38.9 Å². The van der Waals surface area contributed by atoms with Gasteiger partial charge in [0, 0.05) is 29.1 Å². The monoisotopic (exact) mass is 374 g/mol. The van der Waals surface area contributed by atoms with Crippen LogP contribution in [0.25, 0.3) is 22.2 Å². The number of pyridine rings is 1. The van der Waals surface area contributed by atoms with Gasteiger partial charge in [0.15, 0.2) is 0 Å². The highest BCUT2D eigenvalue weighted by Gasteiger charge is 2.17.